The summed E-state index contributed by atoms with van der Waals surface area (Å²) in [6.07, 6.45) is 4.00. The van der Waals surface area contributed by atoms with Crippen molar-refractivity contribution in [2.45, 2.75) is 58.4 Å². The van der Waals surface area contributed by atoms with Crippen molar-refractivity contribution in [2.24, 2.45) is 5.73 Å². The minimum atomic E-state index is -0.912. The number of hydrogen-bond donors (Lipinski definition) is 2. The quantitative estimate of drug-likeness (QED) is 0.601. The second-order valence-corrected chi connectivity index (χ2v) is 9.43. The molecule has 1 heterocycles. The van der Waals surface area contributed by atoms with Gasteiger partial charge in [0, 0.05) is 12.6 Å². The molecule has 1 saturated heterocycles. The van der Waals surface area contributed by atoms with E-state index in [-0.39, 0.29) is 18.4 Å². The predicted octanol–water partition coefficient (Wildman–Crippen LogP) is 4.56. The molecule has 35 heavy (non-hydrogen) atoms. The van der Waals surface area contributed by atoms with E-state index in [1.807, 2.05) is 44.2 Å². The Kier molecular flexibility index (Phi) is 8.17. The van der Waals surface area contributed by atoms with Gasteiger partial charge in [-0.15, -0.1) is 0 Å². The molecule has 9 heteroatoms. The molecule has 2 aromatic rings. The number of carbonyl (C=O) groups is 4. The maximum absolute atomic E-state index is 13.5. The fraction of sp³-hybridized carbons (Fsp3) is 0.385. The molecule has 1 saturated carbocycles. The molecule has 0 unspecified atom stereocenters. The van der Waals surface area contributed by atoms with E-state index in [4.69, 9.17) is 11.6 Å². The molecule has 1 spiro atoms. The molecule has 5 amide bonds. The summed E-state index contributed by atoms with van der Waals surface area (Å²) in [5.74, 6) is -1.07. The monoisotopic (exact) mass is 498 g/mol. The Morgan fingerprint density at radius 3 is 2.20 bits per heavy atom. The number of halogens is 1. The summed E-state index contributed by atoms with van der Waals surface area (Å²) in [4.78, 5) is 51.7. The lowest BCUT2D eigenvalue weighted by atomic mass is 9.80. The van der Waals surface area contributed by atoms with Crippen molar-refractivity contribution in [1.29, 1.82) is 0 Å². The molecule has 1 aliphatic carbocycles. The molecule has 2 fully saturated rings. The molecule has 2 aromatic carbocycles. The largest absolute Gasteiger partial charge is 0.370 e. The number of aryl methyl sites for hydroxylation is 2. The fourth-order valence-corrected chi connectivity index (χ4v) is 4.88. The molecule has 3 N–H and O–H groups in total. The van der Waals surface area contributed by atoms with Crippen LogP contribution in [0.25, 0.3) is 0 Å². The van der Waals surface area contributed by atoms with Crippen LogP contribution in [0.15, 0.2) is 42.5 Å². The van der Waals surface area contributed by atoms with Gasteiger partial charge in [0.05, 0.1) is 10.7 Å². The molecule has 1 aliphatic heterocycles. The van der Waals surface area contributed by atoms with Gasteiger partial charge in [-0.05, 0) is 50.5 Å². The van der Waals surface area contributed by atoms with Gasteiger partial charge in [0.2, 0.25) is 11.8 Å². The van der Waals surface area contributed by atoms with Crippen molar-refractivity contribution >= 4 is 46.7 Å². The van der Waals surface area contributed by atoms with Gasteiger partial charge in [0.15, 0.2) is 0 Å². The number of nitrogens with one attached hydrogen (secondary N) is 1. The number of para-hydroxylation sites is 1. The van der Waals surface area contributed by atoms with Gasteiger partial charge in [-0.1, -0.05) is 60.7 Å². The minimum Gasteiger partial charge on any atom is -0.370 e. The van der Waals surface area contributed by atoms with Gasteiger partial charge in [-0.2, -0.15) is 0 Å². The molecule has 0 radical (unpaired) electrons. The second-order valence-electron chi connectivity index (χ2n) is 9.03. The van der Waals surface area contributed by atoms with E-state index in [2.05, 4.69) is 11.1 Å². The lowest BCUT2D eigenvalue weighted by molar-refractivity contribution is -0.134. The van der Waals surface area contributed by atoms with E-state index in [0.717, 1.165) is 35.3 Å². The van der Waals surface area contributed by atoms with Gasteiger partial charge in [-0.25, -0.2) is 4.79 Å². The summed E-state index contributed by atoms with van der Waals surface area (Å²) in [7, 11) is 0. The van der Waals surface area contributed by atoms with E-state index >= 15 is 0 Å². The molecular weight excluding hydrogens is 468 g/mol. The molecule has 2 aliphatic rings. The SMILES string of the molecule is CC(N)=O.Cc1ccc(N2C(=O)N(CC(=O)Nc3c(C)cccc3Cl)C(=O)C23CCCCC3)cc1. The standard InChI is InChI=1S/C24H26ClN3O3.C2H5NO/c1-16-9-11-18(12-10-16)28-23(31)27(22(30)24(28)13-4-3-5-14-24)15-20(29)26-21-17(2)7-6-8-19(21)25;1-2(3)4/h6-12H,3-5,13-15H2,1-2H3,(H,26,29);1H3,(H2,3,4). The number of hydrogen-bond acceptors (Lipinski definition) is 4. The summed E-state index contributed by atoms with van der Waals surface area (Å²) < 4.78 is 0. The number of imide groups is 1. The average Bonchev–Trinajstić information content (AvgIpc) is 2.98. The smallest absolute Gasteiger partial charge is 0.332 e. The summed E-state index contributed by atoms with van der Waals surface area (Å²) in [5, 5.41) is 3.18. The Hall–Kier alpha value is -3.39. The number of nitrogens with two attached hydrogens (primary N) is 1. The summed E-state index contributed by atoms with van der Waals surface area (Å²) in [6.45, 7) is 4.78. The third-order valence-corrected chi connectivity index (χ3v) is 6.57. The third-order valence-electron chi connectivity index (χ3n) is 6.25. The Balaban J connectivity index is 0.000000795. The highest BCUT2D eigenvalue weighted by Gasteiger charge is 2.58. The van der Waals surface area contributed by atoms with Crippen molar-refractivity contribution in [3.8, 4) is 0 Å². The highest BCUT2D eigenvalue weighted by atomic mass is 35.5. The zero-order chi connectivity index (χ0) is 25.8. The van der Waals surface area contributed by atoms with Crippen LogP contribution in [0.3, 0.4) is 0 Å². The van der Waals surface area contributed by atoms with E-state index in [1.54, 1.807) is 17.0 Å². The van der Waals surface area contributed by atoms with Gasteiger partial charge >= 0.3 is 6.03 Å². The van der Waals surface area contributed by atoms with Crippen LogP contribution in [0, 0.1) is 13.8 Å². The van der Waals surface area contributed by atoms with E-state index in [9.17, 15) is 19.2 Å². The number of anilines is 2. The van der Waals surface area contributed by atoms with Crippen molar-refractivity contribution in [3.05, 3.63) is 58.6 Å². The van der Waals surface area contributed by atoms with Crippen molar-refractivity contribution in [1.82, 2.24) is 4.90 Å². The Labute approximate surface area is 210 Å². The number of amides is 5. The third kappa shape index (κ3) is 5.65. The maximum Gasteiger partial charge on any atom is 0.332 e. The number of nitrogens with zero attached hydrogens (tertiary/aromatic N) is 2. The van der Waals surface area contributed by atoms with Crippen LogP contribution in [0.4, 0.5) is 16.2 Å². The zero-order valence-electron chi connectivity index (χ0n) is 20.3. The maximum atomic E-state index is 13.5. The van der Waals surface area contributed by atoms with E-state index < -0.39 is 17.5 Å². The predicted molar refractivity (Wildman–Crippen MR) is 136 cm³/mol. The van der Waals surface area contributed by atoms with Crippen LogP contribution >= 0.6 is 11.6 Å². The first-order valence-electron chi connectivity index (χ1n) is 11.6. The highest BCUT2D eigenvalue weighted by molar-refractivity contribution is 6.34. The first-order valence-corrected chi connectivity index (χ1v) is 12.0. The number of urea groups is 1. The normalized spacial score (nSPS) is 16.7. The number of carbonyl (C=O) groups excluding carboxylic acids is 4. The topological polar surface area (TPSA) is 113 Å². The lowest BCUT2D eigenvalue weighted by Gasteiger charge is -2.38. The van der Waals surface area contributed by atoms with Crippen LogP contribution in [0.2, 0.25) is 5.02 Å². The van der Waals surface area contributed by atoms with Crippen LogP contribution in [-0.4, -0.2) is 40.7 Å². The first kappa shape index (κ1) is 26.2. The summed E-state index contributed by atoms with van der Waals surface area (Å²) in [5.41, 5.74) is 6.63. The summed E-state index contributed by atoms with van der Waals surface area (Å²) >= 11 is 6.21. The van der Waals surface area contributed by atoms with Crippen LogP contribution in [0.1, 0.15) is 50.2 Å². The fourth-order valence-electron chi connectivity index (χ4n) is 4.62. The zero-order valence-corrected chi connectivity index (χ0v) is 21.0. The lowest BCUT2D eigenvalue weighted by Crippen LogP contribution is -2.51. The number of primary amides is 1. The first-order chi connectivity index (χ1) is 16.6. The molecule has 4 rings (SSSR count). The van der Waals surface area contributed by atoms with Gasteiger partial charge in [0.1, 0.15) is 12.1 Å². The number of rotatable bonds is 4. The Morgan fingerprint density at radius 2 is 1.63 bits per heavy atom. The van der Waals surface area contributed by atoms with Crippen LogP contribution in [0.5, 0.6) is 0 Å². The molecule has 0 bridgehead atoms. The van der Waals surface area contributed by atoms with E-state index in [0.29, 0.717) is 29.2 Å². The van der Waals surface area contributed by atoms with Crippen molar-refractivity contribution in [3.63, 3.8) is 0 Å². The Bertz CT molecular complexity index is 1100. The van der Waals surface area contributed by atoms with Gasteiger partial charge in [-0.3, -0.25) is 24.2 Å². The molecule has 186 valence electrons. The van der Waals surface area contributed by atoms with E-state index in [1.165, 1.54) is 6.92 Å². The highest BCUT2D eigenvalue weighted by Crippen LogP contribution is 2.43. The van der Waals surface area contributed by atoms with Crippen LogP contribution in [-0.2, 0) is 14.4 Å². The van der Waals surface area contributed by atoms with Crippen LogP contribution < -0.4 is 16.0 Å². The number of benzene rings is 2. The average molecular weight is 499 g/mol. The molecule has 8 nitrogen and oxygen atoms in total. The van der Waals surface area contributed by atoms with Crippen molar-refractivity contribution in [2.75, 3.05) is 16.8 Å². The minimum absolute atomic E-state index is 0.288. The summed E-state index contributed by atoms with van der Waals surface area (Å²) in [6, 6.07) is 12.5. The second kappa shape index (κ2) is 10.9. The Morgan fingerprint density at radius 1 is 1.03 bits per heavy atom. The van der Waals surface area contributed by atoms with Gasteiger partial charge in [0.25, 0.3) is 5.91 Å². The molecule has 0 aromatic heterocycles. The molecule has 0 atom stereocenters. The molecular formula is C26H31ClN4O4. The van der Waals surface area contributed by atoms with Crippen molar-refractivity contribution < 1.29 is 19.2 Å². The van der Waals surface area contributed by atoms with Gasteiger partial charge < -0.3 is 11.1 Å².